The van der Waals surface area contributed by atoms with Gasteiger partial charge >= 0.3 is 0 Å². The lowest BCUT2D eigenvalue weighted by Gasteiger charge is -2.22. The zero-order chi connectivity index (χ0) is 8.10. The molecule has 1 aliphatic heterocycles. The van der Waals surface area contributed by atoms with Crippen molar-refractivity contribution in [3.63, 3.8) is 0 Å². The number of nitrogens with zero attached hydrogens (tertiary/aromatic N) is 2. The molecule has 1 heterocycles. The summed E-state index contributed by atoms with van der Waals surface area (Å²) in [5, 5.41) is 4.20. The van der Waals surface area contributed by atoms with Gasteiger partial charge in [-0.05, 0) is 33.0 Å². The van der Waals surface area contributed by atoms with Crippen LogP contribution in [0.15, 0.2) is 0 Å². The third kappa shape index (κ3) is 3.70. The van der Waals surface area contributed by atoms with Crippen molar-refractivity contribution in [2.75, 3.05) is 40.5 Å². The van der Waals surface area contributed by atoms with Crippen molar-refractivity contribution in [2.45, 2.75) is 6.42 Å². The fraction of sp³-hybridized carbons (Fsp3) is 1.00. The van der Waals surface area contributed by atoms with Crippen LogP contribution in [0.1, 0.15) is 6.42 Å². The van der Waals surface area contributed by atoms with Crippen LogP contribution in [0.4, 0.5) is 0 Å². The fourth-order valence-corrected chi connectivity index (χ4v) is 1.19. The molecule has 0 N–H and O–H groups in total. The van der Waals surface area contributed by atoms with E-state index in [4.69, 9.17) is 4.74 Å². The molecule has 0 saturated carbocycles. The maximum Gasteiger partial charge on any atom is 0.112 e. The molecule has 1 atom stereocenters. The van der Waals surface area contributed by atoms with E-state index in [0.717, 1.165) is 19.7 Å². The smallest absolute Gasteiger partial charge is 0.112 e. The van der Waals surface area contributed by atoms with Gasteiger partial charge in [0, 0.05) is 6.54 Å². The van der Waals surface area contributed by atoms with Gasteiger partial charge in [0.2, 0.25) is 0 Å². The molecule has 1 fully saturated rings. The predicted molar refractivity (Wildman–Crippen MR) is 44.5 cm³/mol. The van der Waals surface area contributed by atoms with E-state index in [-0.39, 0.29) is 0 Å². The first kappa shape index (κ1) is 8.97. The van der Waals surface area contributed by atoms with Crippen molar-refractivity contribution in [1.82, 2.24) is 10.2 Å². The molecule has 0 aliphatic carbocycles. The van der Waals surface area contributed by atoms with Crippen molar-refractivity contribution in [1.29, 1.82) is 0 Å². The van der Waals surface area contributed by atoms with Crippen molar-refractivity contribution < 1.29 is 4.74 Å². The van der Waals surface area contributed by atoms with Gasteiger partial charge in [-0.2, -0.15) is 0 Å². The van der Waals surface area contributed by atoms with Crippen molar-refractivity contribution >= 4 is 0 Å². The van der Waals surface area contributed by atoms with Gasteiger partial charge in [0.25, 0.3) is 0 Å². The molecule has 0 aromatic heterocycles. The second-order valence-electron chi connectivity index (χ2n) is 3.36. The highest BCUT2D eigenvalue weighted by molar-refractivity contribution is 4.65. The molecule has 3 heteroatoms. The average molecular weight is 157 g/mol. The summed E-state index contributed by atoms with van der Waals surface area (Å²) < 4.78 is 5.23. The summed E-state index contributed by atoms with van der Waals surface area (Å²) in [6.07, 6.45) is 1.20. The first-order valence-electron chi connectivity index (χ1n) is 4.15. The molecule has 1 rings (SSSR count). The van der Waals surface area contributed by atoms with Crippen LogP contribution in [0.25, 0.3) is 0 Å². The Hall–Kier alpha value is -0.120. The zero-order valence-electron chi connectivity index (χ0n) is 7.42. The molecule has 0 spiro atoms. The van der Waals surface area contributed by atoms with E-state index >= 15 is 0 Å². The summed E-state index contributed by atoms with van der Waals surface area (Å²) >= 11 is 0. The Bertz CT molecular complexity index is 100. The number of rotatable bonds is 3. The van der Waals surface area contributed by atoms with Crippen molar-refractivity contribution in [3.05, 3.63) is 0 Å². The Morgan fingerprint density at radius 1 is 1.55 bits per heavy atom. The second-order valence-corrected chi connectivity index (χ2v) is 3.36. The number of ether oxygens (including phenoxy) is 1. The molecule has 0 aromatic carbocycles. The minimum absolute atomic E-state index is 0.610. The third-order valence-corrected chi connectivity index (χ3v) is 1.91. The maximum atomic E-state index is 5.23. The summed E-state index contributed by atoms with van der Waals surface area (Å²) in [7, 11) is 4.20. The molecule has 1 radical (unpaired) electrons. The Balaban J connectivity index is 2.05. The summed E-state index contributed by atoms with van der Waals surface area (Å²) in [6, 6.07) is 0. The molecule has 1 unspecified atom stereocenters. The van der Waals surface area contributed by atoms with Crippen LogP contribution in [0.2, 0.25) is 0 Å². The van der Waals surface area contributed by atoms with Gasteiger partial charge in [0.15, 0.2) is 0 Å². The van der Waals surface area contributed by atoms with Crippen LogP contribution in [-0.4, -0.2) is 45.4 Å². The molecule has 0 bridgehead atoms. The largest absolute Gasteiger partial charge is 0.364 e. The Morgan fingerprint density at radius 2 is 2.36 bits per heavy atom. The fourth-order valence-electron chi connectivity index (χ4n) is 1.19. The predicted octanol–water partition coefficient (Wildman–Crippen LogP) is 0.146. The molecule has 0 aromatic rings. The first-order valence-corrected chi connectivity index (χ1v) is 4.15. The topological polar surface area (TPSA) is 26.6 Å². The van der Waals surface area contributed by atoms with Crippen molar-refractivity contribution in [2.24, 2.45) is 5.92 Å². The van der Waals surface area contributed by atoms with Crippen LogP contribution in [0, 0.1) is 5.92 Å². The van der Waals surface area contributed by atoms with E-state index in [9.17, 15) is 0 Å². The van der Waals surface area contributed by atoms with Crippen molar-refractivity contribution in [3.8, 4) is 0 Å². The third-order valence-electron chi connectivity index (χ3n) is 1.91. The lowest BCUT2D eigenvalue weighted by molar-refractivity contribution is 0.0381. The molecule has 11 heavy (non-hydrogen) atoms. The Labute approximate surface area is 68.7 Å². The number of hydrogen-bond acceptors (Lipinski definition) is 2. The molecular formula is C8H17N2O. The number of hydrogen-bond donors (Lipinski definition) is 0. The lowest BCUT2D eigenvalue weighted by atomic mass is 10.1. The first-order chi connectivity index (χ1) is 5.29. The van der Waals surface area contributed by atoms with Crippen LogP contribution in [-0.2, 0) is 4.74 Å². The quantitative estimate of drug-likeness (QED) is 0.583. The minimum Gasteiger partial charge on any atom is -0.364 e. The lowest BCUT2D eigenvalue weighted by Crippen LogP contribution is -2.32. The SMILES string of the molecule is CN(C)CCC1C[N]COC1. The molecule has 1 aliphatic rings. The van der Waals surface area contributed by atoms with Gasteiger partial charge in [0.1, 0.15) is 6.73 Å². The highest BCUT2D eigenvalue weighted by atomic mass is 16.5. The zero-order valence-corrected chi connectivity index (χ0v) is 7.42. The molecule has 65 valence electrons. The Morgan fingerprint density at radius 3 is 2.91 bits per heavy atom. The summed E-state index contributed by atoms with van der Waals surface area (Å²) in [5.41, 5.74) is 0. The van der Waals surface area contributed by atoms with Gasteiger partial charge in [0.05, 0.1) is 6.61 Å². The summed E-state index contributed by atoms with van der Waals surface area (Å²) in [6.45, 7) is 3.65. The van der Waals surface area contributed by atoms with Gasteiger partial charge in [-0.25, -0.2) is 5.32 Å². The standard InChI is InChI=1S/C8H17N2O/c1-10(2)4-3-8-5-9-7-11-6-8/h8H,3-7H2,1-2H3. The molecular weight excluding hydrogens is 140 g/mol. The second kappa shape index (κ2) is 4.70. The Kier molecular flexibility index (Phi) is 3.83. The van der Waals surface area contributed by atoms with E-state index < -0.39 is 0 Å². The van der Waals surface area contributed by atoms with Gasteiger partial charge in [-0.1, -0.05) is 0 Å². The maximum absolute atomic E-state index is 5.23. The van der Waals surface area contributed by atoms with Crippen LogP contribution in [0.3, 0.4) is 0 Å². The molecule has 0 amide bonds. The van der Waals surface area contributed by atoms with E-state index in [1.807, 2.05) is 0 Å². The average Bonchev–Trinajstić information content (AvgIpc) is 2.03. The van der Waals surface area contributed by atoms with Crippen LogP contribution in [0.5, 0.6) is 0 Å². The van der Waals surface area contributed by atoms with Crippen LogP contribution < -0.4 is 5.32 Å². The van der Waals surface area contributed by atoms with Gasteiger partial charge in [-0.3, -0.25) is 0 Å². The van der Waals surface area contributed by atoms with E-state index in [1.165, 1.54) is 6.42 Å². The van der Waals surface area contributed by atoms with Gasteiger partial charge < -0.3 is 9.64 Å². The van der Waals surface area contributed by atoms with Gasteiger partial charge in [-0.15, -0.1) is 0 Å². The van der Waals surface area contributed by atoms with E-state index in [1.54, 1.807) is 0 Å². The molecule has 3 nitrogen and oxygen atoms in total. The monoisotopic (exact) mass is 157 g/mol. The summed E-state index contributed by atoms with van der Waals surface area (Å²) in [4.78, 5) is 2.20. The highest BCUT2D eigenvalue weighted by Gasteiger charge is 2.13. The molecule has 1 saturated heterocycles. The highest BCUT2D eigenvalue weighted by Crippen LogP contribution is 2.06. The minimum atomic E-state index is 0.610. The van der Waals surface area contributed by atoms with E-state index in [2.05, 4.69) is 24.3 Å². The van der Waals surface area contributed by atoms with E-state index in [0.29, 0.717) is 12.6 Å². The van der Waals surface area contributed by atoms with Crippen LogP contribution >= 0.6 is 0 Å². The normalized spacial score (nSPS) is 25.9. The summed E-state index contributed by atoms with van der Waals surface area (Å²) in [5.74, 6) is 0.658.